The predicted octanol–water partition coefficient (Wildman–Crippen LogP) is 3.01. The highest BCUT2D eigenvalue weighted by Gasteiger charge is 2.17. The van der Waals surface area contributed by atoms with E-state index in [0.717, 1.165) is 30.7 Å². The summed E-state index contributed by atoms with van der Waals surface area (Å²) in [7, 11) is 1.58. The van der Waals surface area contributed by atoms with E-state index in [1.54, 1.807) is 23.9 Å². The van der Waals surface area contributed by atoms with Crippen LogP contribution in [0.3, 0.4) is 0 Å². The molecule has 1 fully saturated rings. The van der Waals surface area contributed by atoms with Crippen LogP contribution in [0.25, 0.3) is 0 Å². The van der Waals surface area contributed by atoms with Gasteiger partial charge in [-0.15, -0.1) is 10.2 Å². The summed E-state index contributed by atoms with van der Waals surface area (Å²) < 4.78 is 6.55. The highest BCUT2D eigenvalue weighted by Crippen LogP contribution is 2.26. The SMILES string of the molecule is COCCNC(=O)c1nnc(CCCCn2ccc(NC(=O)CC3CCCCC3)cc2=O)s1. The second-order valence-corrected chi connectivity index (χ2v) is 9.47. The number of rotatable bonds is 12. The summed E-state index contributed by atoms with van der Waals surface area (Å²) in [5.74, 6) is 0.212. The third-order valence-electron chi connectivity index (χ3n) is 5.77. The van der Waals surface area contributed by atoms with Gasteiger partial charge in [-0.25, -0.2) is 0 Å². The second kappa shape index (κ2) is 13.2. The zero-order chi connectivity index (χ0) is 23.5. The van der Waals surface area contributed by atoms with Crippen LogP contribution in [0.2, 0.25) is 0 Å². The van der Waals surface area contributed by atoms with Crippen LogP contribution in [-0.4, -0.2) is 46.8 Å². The third kappa shape index (κ3) is 8.36. The molecule has 1 aliphatic rings. The van der Waals surface area contributed by atoms with Gasteiger partial charge in [-0.1, -0.05) is 30.6 Å². The molecule has 3 rings (SSSR count). The molecule has 0 spiro atoms. The number of hydrogen-bond donors (Lipinski definition) is 2. The van der Waals surface area contributed by atoms with Gasteiger partial charge in [-0.3, -0.25) is 14.4 Å². The van der Waals surface area contributed by atoms with Gasteiger partial charge in [0.15, 0.2) is 0 Å². The molecule has 0 radical (unpaired) electrons. The quantitative estimate of drug-likeness (QED) is 0.456. The van der Waals surface area contributed by atoms with Crippen molar-refractivity contribution in [2.75, 3.05) is 25.6 Å². The minimum atomic E-state index is -0.242. The minimum absolute atomic E-state index is 0.0112. The van der Waals surface area contributed by atoms with Gasteiger partial charge in [0.05, 0.1) is 6.61 Å². The van der Waals surface area contributed by atoms with E-state index in [1.165, 1.54) is 36.7 Å². The van der Waals surface area contributed by atoms with E-state index in [2.05, 4.69) is 20.8 Å². The van der Waals surface area contributed by atoms with Crippen LogP contribution in [0.4, 0.5) is 5.69 Å². The fraction of sp³-hybridized carbons (Fsp3) is 0.609. The Balaban J connectivity index is 1.39. The average molecular weight is 476 g/mol. The molecule has 0 bridgehead atoms. The molecule has 2 aromatic heterocycles. The van der Waals surface area contributed by atoms with Gasteiger partial charge < -0.3 is 19.9 Å². The Morgan fingerprint density at radius 1 is 1.21 bits per heavy atom. The summed E-state index contributed by atoms with van der Waals surface area (Å²) in [4.78, 5) is 36.6. The number of nitrogens with zero attached hydrogens (tertiary/aromatic N) is 3. The van der Waals surface area contributed by atoms with Crippen molar-refractivity contribution in [2.45, 2.75) is 64.3 Å². The van der Waals surface area contributed by atoms with Crippen molar-refractivity contribution >= 4 is 28.8 Å². The fourth-order valence-electron chi connectivity index (χ4n) is 3.98. The normalized spacial score (nSPS) is 14.2. The number of anilines is 1. The van der Waals surface area contributed by atoms with Crippen LogP contribution in [0.15, 0.2) is 23.1 Å². The number of unbranched alkanes of at least 4 members (excludes halogenated alkanes) is 1. The van der Waals surface area contributed by atoms with Crippen LogP contribution >= 0.6 is 11.3 Å². The van der Waals surface area contributed by atoms with Crippen molar-refractivity contribution in [2.24, 2.45) is 5.92 Å². The summed E-state index contributed by atoms with van der Waals surface area (Å²) in [5.41, 5.74) is 0.429. The van der Waals surface area contributed by atoms with Gasteiger partial charge in [-0.2, -0.15) is 0 Å². The summed E-state index contributed by atoms with van der Waals surface area (Å²) in [6.45, 7) is 1.46. The van der Waals surface area contributed by atoms with Crippen LogP contribution in [0.1, 0.15) is 66.2 Å². The number of nitrogens with one attached hydrogen (secondary N) is 2. The molecule has 10 heteroatoms. The van der Waals surface area contributed by atoms with Crippen molar-refractivity contribution in [3.63, 3.8) is 0 Å². The molecular weight excluding hydrogens is 442 g/mol. The number of carbonyl (C=O) groups excluding carboxylic acids is 2. The molecule has 2 amide bonds. The smallest absolute Gasteiger partial charge is 0.282 e. The zero-order valence-electron chi connectivity index (χ0n) is 19.2. The predicted molar refractivity (Wildman–Crippen MR) is 128 cm³/mol. The number of hydrogen-bond acceptors (Lipinski definition) is 7. The lowest BCUT2D eigenvalue weighted by Gasteiger charge is -2.20. The lowest BCUT2D eigenvalue weighted by molar-refractivity contribution is -0.117. The van der Waals surface area contributed by atoms with Gasteiger partial charge >= 0.3 is 0 Å². The molecule has 180 valence electrons. The van der Waals surface area contributed by atoms with Crippen molar-refractivity contribution in [1.29, 1.82) is 0 Å². The highest BCUT2D eigenvalue weighted by atomic mass is 32.1. The Bertz CT molecular complexity index is 968. The fourth-order valence-corrected chi connectivity index (χ4v) is 4.78. The zero-order valence-corrected chi connectivity index (χ0v) is 20.0. The number of methoxy groups -OCH3 is 1. The molecule has 1 saturated carbocycles. The van der Waals surface area contributed by atoms with Gasteiger partial charge in [-0.05, 0) is 37.7 Å². The third-order valence-corrected chi connectivity index (χ3v) is 6.75. The molecule has 0 unspecified atom stereocenters. The second-order valence-electron chi connectivity index (χ2n) is 8.41. The van der Waals surface area contributed by atoms with Crippen molar-refractivity contribution < 1.29 is 14.3 Å². The van der Waals surface area contributed by atoms with E-state index in [1.807, 2.05) is 0 Å². The molecule has 33 heavy (non-hydrogen) atoms. The molecule has 0 saturated heterocycles. The number of pyridine rings is 1. The van der Waals surface area contributed by atoms with E-state index in [0.29, 0.717) is 49.2 Å². The monoisotopic (exact) mass is 475 g/mol. The maximum Gasteiger partial charge on any atom is 0.282 e. The van der Waals surface area contributed by atoms with Gasteiger partial charge in [0.2, 0.25) is 10.9 Å². The number of aromatic nitrogens is 3. The standard InChI is InChI=1S/C23H33N5O4S/c1-32-14-11-24-22(31)23-27-26-20(33-23)9-5-6-12-28-13-10-18(16-21(28)30)25-19(29)15-17-7-3-2-4-8-17/h10,13,16-17H,2-9,11-12,14-15H2,1H3,(H,24,31)(H,25,29). The number of carbonyl (C=O) groups is 2. The lowest BCUT2D eigenvalue weighted by atomic mass is 9.87. The molecule has 9 nitrogen and oxygen atoms in total. The Morgan fingerprint density at radius 3 is 2.79 bits per heavy atom. The average Bonchev–Trinajstić information content (AvgIpc) is 3.28. The molecular formula is C23H33N5O4S. The Morgan fingerprint density at radius 2 is 2.03 bits per heavy atom. The molecule has 0 aromatic carbocycles. The maximum atomic E-state index is 12.4. The van der Waals surface area contributed by atoms with Crippen molar-refractivity contribution in [3.8, 4) is 0 Å². The highest BCUT2D eigenvalue weighted by molar-refractivity contribution is 7.13. The molecule has 2 aromatic rings. The van der Waals surface area contributed by atoms with Crippen molar-refractivity contribution in [1.82, 2.24) is 20.1 Å². The summed E-state index contributed by atoms with van der Waals surface area (Å²) in [6.07, 6.45) is 10.5. The molecule has 1 aliphatic carbocycles. The van der Waals surface area contributed by atoms with E-state index >= 15 is 0 Å². The molecule has 0 atom stereocenters. The van der Waals surface area contributed by atoms with Crippen molar-refractivity contribution in [3.05, 3.63) is 38.7 Å². The van der Waals surface area contributed by atoms with Crippen LogP contribution in [-0.2, 0) is 22.5 Å². The number of aryl methyl sites for hydroxylation is 2. The van der Waals surface area contributed by atoms with Gasteiger partial charge in [0, 0.05) is 51.0 Å². The minimum Gasteiger partial charge on any atom is -0.383 e. The topological polar surface area (TPSA) is 115 Å². The van der Waals surface area contributed by atoms with Gasteiger partial charge in [0.1, 0.15) is 5.01 Å². The summed E-state index contributed by atoms with van der Waals surface area (Å²) in [5, 5.41) is 14.8. The van der Waals surface area contributed by atoms with Crippen LogP contribution in [0.5, 0.6) is 0 Å². The Kier molecular flexibility index (Phi) is 10.0. The summed E-state index contributed by atoms with van der Waals surface area (Å²) in [6, 6.07) is 3.26. The van der Waals surface area contributed by atoms with E-state index in [-0.39, 0.29) is 17.4 Å². The number of ether oxygens (including phenoxy) is 1. The van der Waals surface area contributed by atoms with E-state index in [9.17, 15) is 14.4 Å². The van der Waals surface area contributed by atoms with Crippen LogP contribution in [0, 0.1) is 5.92 Å². The first-order valence-corrected chi connectivity index (χ1v) is 12.5. The molecule has 0 aliphatic heterocycles. The van der Waals surface area contributed by atoms with Crippen LogP contribution < -0.4 is 16.2 Å². The van der Waals surface area contributed by atoms with E-state index in [4.69, 9.17) is 4.74 Å². The Labute approximate surface area is 197 Å². The number of amides is 2. The molecule has 2 N–H and O–H groups in total. The molecule has 2 heterocycles. The maximum absolute atomic E-state index is 12.4. The Hall–Kier alpha value is -2.59. The van der Waals surface area contributed by atoms with Gasteiger partial charge in [0.25, 0.3) is 11.5 Å². The largest absolute Gasteiger partial charge is 0.383 e. The first kappa shape index (κ1) is 25.0. The first-order chi connectivity index (χ1) is 16.0. The first-order valence-electron chi connectivity index (χ1n) is 11.6. The summed E-state index contributed by atoms with van der Waals surface area (Å²) >= 11 is 1.28. The van der Waals surface area contributed by atoms with E-state index < -0.39 is 0 Å². The lowest BCUT2D eigenvalue weighted by Crippen LogP contribution is -2.26.